The molecule has 23 heavy (non-hydrogen) atoms. The Hall–Kier alpha value is -2.89. The van der Waals surface area contributed by atoms with Crippen LogP contribution in [0.1, 0.15) is 0 Å². The highest BCUT2D eigenvalue weighted by molar-refractivity contribution is 5.94. The Kier molecular flexibility index (Phi) is 5.68. The van der Waals surface area contributed by atoms with Crippen LogP contribution in [0.25, 0.3) is 0 Å². The number of ether oxygens (including phenoxy) is 3. The molecule has 0 unspecified atom stereocenters. The second-order valence-electron chi connectivity index (χ2n) is 4.70. The number of amides is 1. The Labute approximate surface area is 135 Å². The molecule has 0 aliphatic heterocycles. The molecule has 2 aromatic rings. The van der Waals surface area contributed by atoms with Crippen LogP contribution in [-0.4, -0.2) is 33.8 Å². The van der Waals surface area contributed by atoms with Crippen molar-refractivity contribution in [3.63, 3.8) is 0 Å². The summed E-state index contributed by atoms with van der Waals surface area (Å²) >= 11 is 0. The van der Waals surface area contributed by atoms with E-state index in [9.17, 15) is 4.79 Å². The van der Waals surface area contributed by atoms with Gasteiger partial charge in [-0.2, -0.15) is 0 Å². The van der Waals surface area contributed by atoms with E-state index in [1.54, 1.807) is 63.8 Å². The number of rotatable bonds is 7. The SMILES string of the molecule is COc1ccc(NC(=O)CNc2cc(OC)ccc2OC)cc1. The molecule has 0 saturated heterocycles. The Morgan fingerprint density at radius 2 is 1.57 bits per heavy atom. The molecule has 0 fully saturated rings. The number of anilines is 2. The smallest absolute Gasteiger partial charge is 0.243 e. The number of carbonyl (C=O) groups is 1. The molecule has 0 spiro atoms. The Bertz CT molecular complexity index is 656. The highest BCUT2D eigenvalue weighted by atomic mass is 16.5. The zero-order valence-electron chi connectivity index (χ0n) is 13.4. The van der Waals surface area contributed by atoms with Crippen molar-refractivity contribution >= 4 is 17.3 Å². The molecule has 0 bridgehead atoms. The molecule has 0 atom stereocenters. The lowest BCUT2D eigenvalue weighted by atomic mass is 10.2. The summed E-state index contributed by atoms with van der Waals surface area (Å²) in [5, 5.41) is 5.84. The summed E-state index contributed by atoms with van der Waals surface area (Å²) in [5.41, 5.74) is 1.40. The van der Waals surface area contributed by atoms with E-state index in [4.69, 9.17) is 14.2 Å². The molecule has 0 aliphatic carbocycles. The summed E-state index contributed by atoms with van der Waals surface area (Å²) in [6, 6.07) is 12.5. The van der Waals surface area contributed by atoms with Gasteiger partial charge in [-0.1, -0.05) is 0 Å². The molecule has 0 radical (unpaired) electrons. The summed E-state index contributed by atoms with van der Waals surface area (Å²) in [5.74, 6) is 1.90. The van der Waals surface area contributed by atoms with Crippen LogP contribution >= 0.6 is 0 Å². The van der Waals surface area contributed by atoms with Crippen molar-refractivity contribution in [3.8, 4) is 17.2 Å². The maximum absolute atomic E-state index is 12.0. The number of benzene rings is 2. The van der Waals surface area contributed by atoms with Crippen LogP contribution in [0.2, 0.25) is 0 Å². The molecule has 0 heterocycles. The van der Waals surface area contributed by atoms with Crippen LogP contribution in [0.4, 0.5) is 11.4 Å². The van der Waals surface area contributed by atoms with E-state index < -0.39 is 0 Å². The zero-order valence-corrected chi connectivity index (χ0v) is 13.4. The summed E-state index contributed by atoms with van der Waals surface area (Å²) in [6.07, 6.45) is 0. The van der Waals surface area contributed by atoms with Crippen molar-refractivity contribution in [2.75, 3.05) is 38.5 Å². The van der Waals surface area contributed by atoms with E-state index in [1.807, 2.05) is 0 Å². The Morgan fingerprint density at radius 3 is 2.17 bits per heavy atom. The van der Waals surface area contributed by atoms with Gasteiger partial charge in [0.2, 0.25) is 5.91 Å². The summed E-state index contributed by atoms with van der Waals surface area (Å²) in [6.45, 7) is 0.107. The predicted octanol–water partition coefficient (Wildman–Crippen LogP) is 2.76. The van der Waals surface area contributed by atoms with Crippen LogP contribution in [0.15, 0.2) is 42.5 Å². The Balaban J connectivity index is 1.95. The second-order valence-corrected chi connectivity index (χ2v) is 4.70. The van der Waals surface area contributed by atoms with Crippen LogP contribution < -0.4 is 24.8 Å². The van der Waals surface area contributed by atoms with E-state index in [0.29, 0.717) is 22.9 Å². The minimum absolute atomic E-state index is 0.107. The summed E-state index contributed by atoms with van der Waals surface area (Å²) < 4.78 is 15.5. The molecule has 0 aliphatic rings. The maximum atomic E-state index is 12.0. The third-order valence-corrected chi connectivity index (χ3v) is 3.22. The average molecular weight is 316 g/mol. The van der Waals surface area contributed by atoms with Gasteiger partial charge in [0.15, 0.2) is 0 Å². The topological polar surface area (TPSA) is 68.8 Å². The van der Waals surface area contributed by atoms with Crippen molar-refractivity contribution in [1.82, 2.24) is 0 Å². The first-order valence-electron chi connectivity index (χ1n) is 7.06. The zero-order chi connectivity index (χ0) is 16.7. The molecular weight excluding hydrogens is 296 g/mol. The van der Waals surface area contributed by atoms with Gasteiger partial charge in [0.25, 0.3) is 0 Å². The fourth-order valence-electron chi connectivity index (χ4n) is 2.01. The third kappa shape index (κ3) is 4.54. The van der Waals surface area contributed by atoms with Gasteiger partial charge in [-0.05, 0) is 36.4 Å². The maximum Gasteiger partial charge on any atom is 0.243 e. The quantitative estimate of drug-likeness (QED) is 0.822. The van der Waals surface area contributed by atoms with Gasteiger partial charge in [0.05, 0.1) is 33.6 Å². The van der Waals surface area contributed by atoms with Crippen molar-refractivity contribution in [2.45, 2.75) is 0 Å². The van der Waals surface area contributed by atoms with E-state index in [-0.39, 0.29) is 12.5 Å². The normalized spacial score (nSPS) is 9.87. The fraction of sp³-hybridized carbons (Fsp3) is 0.235. The van der Waals surface area contributed by atoms with Gasteiger partial charge < -0.3 is 24.8 Å². The monoisotopic (exact) mass is 316 g/mol. The summed E-state index contributed by atoms with van der Waals surface area (Å²) in [4.78, 5) is 12.0. The number of hydrogen-bond acceptors (Lipinski definition) is 5. The lowest BCUT2D eigenvalue weighted by molar-refractivity contribution is -0.114. The second kappa shape index (κ2) is 7.93. The van der Waals surface area contributed by atoms with Crippen LogP contribution in [0.3, 0.4) is 0 Å². The molecule has 2 rings (SSSR count). The molecule has 2 N–H and O–H groups in total. The molecule has 0 saturated carbocycles. The van der Waals surface area contributed by atoms with E-state index in [2.05, 4.69) is 10.6 Å². The largest absolute Gasteiger partial charge is 0.497 e. The number of carbonyl (C=O) groups excluding carboxylic acids is 1. The number of methoxy groups -OCH3 is 3. The van der Waals surface area contributed by atoms with Gasteiger partial charge >= 0.3 is 0 Å². The molecule has 2 aromatic carbocycles. The van der Waals surface area contributed by atoms with E-state index >= 15 is 0 Å². The third-order valence-electron chi connectivity index (χ3n) is 3.22. The average Bonchev–Trinajstić information content (AvgIpc) is 2.60. The van der Waals surface area contributed by atoms with Gasteiger partial charge in [-0.25, -0.2) is 0 Å². The predicted molar refractivity (Wildman–Crippen MR) is 89.7 cm³/mol. The molecule has 6 heteroatoms. The lowest BCUT2D eigenvalue weighted by Gasteiger charge is -2.13. The standard InChI is InChI=1S/C17H20N2O4/c1-21-13-6-4-12(5-7-13)19-17(20)11-18-15-10-14(22-2)8-9-16(15)23-3/h4-10,18H,11H2,1-3H3,(H,19,20). The number of nitrogens with one attached hydrogen (secondary N) is 2. The molecule has 1 amide bonds. The van der Waals surface area contributed by atoms with Crippen molar-refractivity contribution in [2.24, 2.45) is 0 Å². The highest BCUT2D eigenvalue weighted by Gasteiger charge is 2.07. The summed E-state index contributed by atoms with van der Waals surface area (Å²) in [7, 11) is 4.76. The van der Waals surface area contributed by atoms with E-state index in [1.165, 1.54) is 0 Å². The number of hydrogen-bond donors (Lipinski definition) is 2. The van der Waals surface area contributed by atoms with Crippen LogP contribution in [0, 0.1) is 0 Å². The van der Waals surface area contributed by atoms with Crippen molar-refractivity contribution in [1.29, 1.82) is 0 Å². The first-order chi connectivity index (χ1) is 11.2. The molecule has 6 nitrogen and oxygen atoms in total. The van der Waals surface area contributed by atoms with Gasteiger partial charge in [-0.15, -0.1) is 0 Å². The van der Waals surface area contributed by atoms with Gasteiger partial charge in [0.1, 0.15) is 17.2 Å². The fourth-order valence-corrected chi connectivity index (χ4v) is 2.01. The highest BCUT2D eigenvalue weighted by Crippen LogP contribution is 2.28. The molecule has 0 aromatic heterocycles. The van der Waals surface area contributed by atoms with Crippen LogP contribution in [-0.2, 0) is 4.79 Å². The minimum atomic E-state index is -0.167. The van der Waals surface area contributed by atoms with E-state index in [0.717, 1.165) is 5.75 Å². The van der Waals surface area contributed by atoms with Gasteiger partial charge in [-0.3, -0.25) is 4.79 Å². The van der Waals surface area contributed by atoms with Crippen molar-refractivity contribution in [3.05, 3.63) is 42.5 Å². The lowest BCUT2D eigenvalue weighted by Crippen LogP contribution is -2.21. The van der Waals surface area contributed by atoms with Crippen molar-refractivity contribution < 1.29 is 19.0 Å². The van der Waals surface area contributed by atoms with Gasteiger partial charge in [0, 0.05) is 11.8 Å². The molecule has 122 valence electrons. The minimum Gasteiger partial charge on any atom is -0.497 e. The molecular formula is C17H20N2O4. The van der Waals surface area contributed by atoms with Crippen LogP contribution in [0.5, 0.6) is 17.2 Å². The first-order valence-corrected chi connectivity index (χ1v) is 7.06. The first kappa shape index (κ1) is 16.5. The Morgan fingerprint density at radius 1 is 0.913 bits per heavy atom.